The Morgan fingerprint density at radius 2 is 1.84 bits per heavy atom. The van der Waals surface area contributed by atoms with E-state index < -0.39 is 0 Å². The van der Waals surface area contributed by atoms with Gasteiger partial charge in [-0.2, -0.15) is 0 Å². The number of anilines is 1. The fourth-order valence-corrected chi connectivity index (χ4v) is 6.17. The van der Waals surface area contributed by atoms with Gasteiger partial charge in [-0.25, -0.2) is 15.0 Å². The molecule has 0 saturated heterocycles. The molecule has 0 aliphatic heterocycles. The number of nitrogens with zero attached hydrogens (tertiary/aromatic N) is 3. The Labute approximate surface area is 191 Å². The predicted molar refractivity (Wildman–Crippen MR) is 131 cm³/mol. The number of amides is 1. The molecule has 5 nitrogen and oxygen atoms in total. The topological polar surface area (TPSA) is 67.8 Å². The molecule has 8 heteroatoms. The molecule has 3 aromatic heterocycles. The van der Waals surface area contributed by atoms with Crippen LogP contribution in [0.1, 0.15) is 10.4 Å². The van der Waals surface area contributed by atoms with Crippen molar-refractivity contribution in [3.63, 3.8) is 0 Å². The Balaban J connectivity index is 1.26. The van der Waals surface area contributed by atoms with Crippen LogP contribution in [-0.4, -0.2) is 26.6 Å². The van der Waals surface area contributed by atoms with E-state index in [4.69, 9.17) is 0 Å². The molecule has 2 aromatic carbocycles. The third kappa shape index (κ3) is 4.06. The van der Waals surface area contributed by atoms with Crippen molar-refractivity contribution in [2.24, 2.45) is 0 Å². The maximum Gasteiger partial charge on any atom is 0.234 e. The van der Waals surface area contributed by atoms with Crippen LogP contribution in [0, 0.1) is 13.8 Å². The van der Waals surface area contributed by atoms with Gasteiger partial charge in [-0.1, -0.05) is 23.9 Å². The fourth-order valence-electron chi connectivity index (χ4n) is 3.28. The van der Waals surface area contributed by atoms with E-state index in [9.17, 15) is 4.79 Å². The molecule has 0 spiro atoms. The standard InChI is InChI=1S/C23H18N4OS3/c1-13-14(2)30-23-20(13)22(24-12-25-23)29-11-19(28)26-16-9-7-15(8-10-16)21-27-17-5-3-4-6-18(17)31-21/h3-10,12H,11H2,1-2H3,(H,26,28). The molecule has 31 heavy (non-hydrogen) atoms. The summed E-state index contributed by atoms with van der Waals surface area (Å²) in [5.74, 6) is 0.231. The largest absolute Gasteiger partial charge is 0.325 e. The number of hydrogen-bond acceptors (Lipinski definition) is 7. The molecule has 0 aliphatic carbocycles. The van der Waals surface area contributed by atoms with E-state index in [1.54, 1.807) is 29.0 Å². The first-order valence-corrected chi connectivity index (χ1v) is 12.3. The highest BCUT2D eigenvalue weighted by atomic mass is 32.2. The Hall–Kier alpha value is -2.81. The summed E-state index contributed by atoms with van der Waals surface area (Å²) in [6.45, 7) is 4.16. The van der Waals surface area contributed by atoms with Crippen molar-refractivity contribution >= 4 is 66.5 Å². The van der Waals surface area contributed by atoms with Gasteiger partial charge in [0.1, 0.15) is 21.2 Å². The van der Waals surface area contributed by atoms with Crippen molar-refractivity contribution in [3.05, 3.63) is 65.3 Å². The fraction of sp³-hybridized carbons (Fsp3) is 0.130. The van der Waals surface area contributed by atoms with E-state index in [2.05, 4.69) is 40.2 Å². The lowest BCUT2D eigenvalue weighted by atomic mass is 10.2. The number of fused-ring (bicyclic) bond motifs is 2. The van der Waals surface area contributed by atoms with Crippen molar-refractivity contribution in [2.75, 3.05) is 11.1 Å². The minimum Gasteiger partial charge on any atom is -0.325 e. The minimum atomic E-state index is -0.0610. The summed E-state index contributed by atoms with van der Waals surface area (Å²) in [6.07, 6.45) is 1.57. The van der Waals surface area contributed by atoms with Gasteiger partial charge in [0, 0.05) is 21.5 Å². The van der Waals surface area contributed by atoms with Gasteiger partial charge >= 0.3 is 0 Å². The molecule has 5 aromatic rings. The lowest BCUT2D eigenvalue weighted by molar-refractivity contribution is -0.113. The lowest BCUT2D eigenvalue weighted by Crippen LogP contribution is -2.14. The summed E-state index contributed by atoms with van der Waals surface area (Å²) in [7, 11) is 0. The number of aromatic nitrogens is 3. The van der Waals surface area contributed by atoms with Gasteiger partial charge in [-0.3, -0.25) is 4.79 Å². The lowest BCUT2D eigenvalue weighted by Gasteiger charge is -2.06. The first-order chi connectivity index (χ1) is 15.1. The summed E-state index contributed by atoms with van der Waals surface area (Å²) < 4.78 is 1.17. The van der Waals surface area contributed by atoms with Gasteiger partial charge in [-0.15, -0.1) is 22.7 Å². The highest BCUT2D eigenvalue weighted by Crippen LogP contribution is 2.34. The van der Waals surface area contributed by atoms with Gasteiger partial charge in [0.2, 0.25) is 5.91 Å². The van der Waals surface area contributed by atoms with E-state index in [0.29, 0.717) is 5.75 Å². The zero-order valence-corrected chi connectivity index (χ0v) is 19.3. The number of hydrogen-bond donors (Lipinski definition) is 1. The average molecular weight is 463 g/mol. The minimum absolute atomic E-state index is 0.0610. The molecule has 1 amide bonds. The van der Waals surface area contributed by atoms with Crippen LogP contribution in [-0.2, 0) is 4.79 Å². The number of aryl methyl sites for hydroxylation is 2. The number of thioether (sulfide) groups is 1. The van der Waals surface area contributed by atoms with Crippen molar-refractivity contribution in [1.29, 1.82) is 0 Å². The van der Waals surface area contributed by atoms with Crippen LogP contribution in [0.3, 0.4) is 0 Å². The smallest absolute Gasteiger partial charge is 0.234 e. The van der Waals surface area contributed by atoms with E-state index in [0.717, 1.165) is 37.0 Å². The first-order valence-electron chi connectivity index (χ1n) is 9.68. The molecule has 1 N–H and O–H groups in total. The molecule has 0 saturated carbocycles. The average Bonchev–Trinajstić information content (AvgIpc) is 3.34. The predicted octanol–water partition coefficient (Wildman–Crippen LogP) is 6.32. The Bertz CT molecular complexity index is 1370. The van der Waals surface area contributed by atoms with Crippen molar-refractivity contribution in [1.82, 2.24) is 15.0 Å². The number of thiophene rings is 1. The van der Waals surface area contributed by atoms with E-state index in [1.807, 2.05) is 42.5 Å². The molecule has 0 unspecified atom stereocenters. The maximum absolute atomic E-state index is 12.5. The molecule has 0 radical (unpaired) electrons. The number of thiazole rings is 1. The number of rotatable bonds is 5. The van der Waals surface area contributed by atoms with E-state index >= 15 is 0 Å². The zero-order chi connectivity index (χ0) is 21.4. The van der Waals surface area contributed by atoms with Gasteiger partial charge in [-0.05, 0) is 55.8 Å². The third-order valence-electron chi connectivity index (χ3n) is 4.98. The monoisotopic (exact) mass is 462 g/mol. The van der Waals surface area contributed by atoms with Crippen molar-refractivity contribution < 1.29 is 4.79 Å². The van der Waals surface area contributed by atoms with Crippen LogP contribution in [0.25, 0.3) is 31.0 Å². The normalized spacial score (nSPS) is 11.3. The molecule has 0 aliphatic rings. The van der Waals surface area contributed by atoms with Crippen molar-refractivity contribution in [3.8, 4) is 10.6 Å². The molecule has 0 bridgehead atoms. The number of carbonyl (C=O) groups is 1. The van der Waals surface area contributed by atoms with E-state index in [-0.39, 0.29) is 5.91 Å². The van der Waals surface area contributed by atoms with Crippen LogP contribution in [0.5, 0.6) is 0 Å². The summed E-state index contributed by atoms with van der Waals surface area (Å²) in [4.78, 5) is 28.1. The quantitative estimate of drug-likeness (QED) is 0.245. The van der Waals surface area contributed by atoms with Crippen LogP contribution in [0.4, 0.5) is 5.69 Å². The molecule has 154 valence electrons. The summed E-state index contributed by atoms with van der Waals surface area (Å²) in [5.41, 5.74) is 4.01. The van der Waals surface area contributed by atoms with Gasteiger partial charge in [0.25, 0.3) is 0 Å². The second-order valence-electron chi connectivity index (χ2n) is 7.04. The Kier molecular flexibility index (Phi) is 5.43. The van der Waals surface area contributed by atoms with Crippen LogP contribution < -0.4 is 5.32 Å². The molecular formula is C23H18N4OS3. The van der Waals surface area contributed by atoms with Gasteiger partial charge in [0.15, 0.2) is 0 Å². The van der Waals surface area contributed by atoms with Crippen molar-refractivity contribution in [2.45, 2.75) is 18.9 Å². The zero-order valence-electron chi connectivity index (χ0n) is 16.9. The van der Waals surface area contributed by atoms with Gasteiger partial charge < -0.3 is 5.32 Å². The Morgan fingerprint density at radius 1 is 1.03 bits per heavy atom. The molecule has 3 heterocycles. The number of para-hydroxylation sites is 1. The number of carbonyl (C=O) groups excluding carboxylic acids is 1. The molecule has 0 atom stereocenters. The molecule has 5 rings (SSSR count). The molecular weight excluding hydrogens is 444 g/mol. The van der Waals surface area contributed by atoms with Crippen LogP contribution >= 0.6 is 34.4 Å². The first kappa shape index (κ1) is 20.1. The van der Waals surface area contributed by atoms with Crippen LogP contribution in [0.2, 0.25) is 0 Å². The molecule has 0 fully saturated rings. The Morgan fingerprint density at radius 3 is 2.65 bits per heavy atom. The van der Waals surface area contributed by atoms with E-state index in [1.165, 1.54) is 26.9 Å². The van der Waals surface area contributed by atoms with Gasteiger partial charge in [0.05, 0.1) is 16.0 Å². The number of nitrogens with one attached hydrogen (secondary N) is 1. The SMILES string of the molecule is Cc1sc2ncnc(SCC(=O)Nc3ccc(-c4nc5ccccc5s4)cc3)c2c1C. The summed E-state index contributed by atoms with van der Waals surface area (Å²) >= 11 is 4.77. The highest BCUT2D eigenvalue weighted by molar-refractivity contribution is 8.00. The highest BCUT2D eigenvalue weighted by Gasteiger charge is 2.14. The summed E-state index contributed by atoms with van der Waals surface area (Å²) in [6, 6.07) is 15.9. The maximum atomic E-state index is 12.5. The third-order valence-corrected chi connectivity index (χ3v) is 8.17. The second kappa shape index (κ2) is 8.37. The van der Waals surface area contributed by atoms with Crippen LogP contribution in [0.15, 0.2) is 59.9 Å². The second-order valence-corrected chi connectivity index (χ2v) is 10.2. The summed E-state index contributed by atoms with van der Waals surface area (Å²) in [5, 5.41) is 5.86. The number of benzene rings is 2.